The molecule has 90 valence electrons. The number of halogens is 2. The molecule has 0 amide bonds. The lowest BCUT2D eigenvalue weighted by Crippen LogP contribution is -1.96. The van der Waals surface area contributed by atoms with Crippen LogP contribution in [-0.2, 0) is 0 Å². The van der Waals surface area contributed by atoms with Crippen molar-refractivity contribution in [3.8, 4) is 6.07 Å². The second-order valence-corrected chi connectivity index (χ2v) is 4.48. The highest BCUT2D eigenvalue weighted by molar-refractivity contribution is 6.42. The van der Waals surface area contributed by atoms with Crippen LogP contribution in [0.2, 0.25) is 10.0 Å². The first-order valence-corrected chi connectivity index (χ1v) is 5.87. The molecule has 0 saturated heterocycles. The van der Waals surface area contributed by atoms with Crippen molar-refractivity contribution in [3.05, 3.63) is 52.0 Å². The number of benzene rings is 2. The lowest BCUT2D eigenvalue weighted by molar-refractivity contribution is 1.47. The second kappa shape index (κ2) is 5.18. The molecule has 18 heavy (non-hydrogen) atoms. The van der Waals surface area contributed by atoms with E-state index in [1.54, 1.807) is 36.4 Å². The third-order valence-corrected chi connectivity index (χ3v) is 3.12. The molecule has 3 nitrogen and oxygen atoms in total. The Balaban J connectivity index is 2.29. The summed E-state index contributed by atoms with van der Waals surface area (Å²) in [5, 5.41) is 12.8. The highest BCUT2D eigenvalue weighted by atomic mass is 35.5. The Hall–Kier alpha value is -1.89. The highest BCUT2D eigenvalue weighted by Crippen LogP contribution is 2.29. The quantitative estimate of drug-likeness (QED) is 0.809. The maximum absolute atomic E-state index is 8.75. The second-order valence-electron chi connectivity index (χ2n) is 3.67. The van der Waals surface area contributed by atoms with Gasteiger partial charge in [-0.25, -0.2) is 0 Å². The normalized spacial score (nSPS) is 9.83. The van der Waals surface area contributed by atoms with Crippen LogP contribution in [0, 0.1) is 11.3 Å². The van der Waals surface area contributed by atoms with Crippen LogP contribution in [-0.4, -0.2) is 0 Å². The van der Waals surface area contributed by atoms with E-state index in [0.29, 0.717) is 27.0 Å². The number of nitrogens with two attached hydrogens (primary N) is 1. The van der Waals surface area contributed by atoms with Gasteiger partial charge in [0.2, 0.25) is 0 Å². The summed E-state index contributed by atoms with van der Waals surface area (Å²) in [5.74, 6) is 0. The van der Waals surface area contributed by atoms with E-state index in [4.69, 9.17) is 34.2 Å². The van der Waals surface area contributed by atoms with Crippen LogP contribution in [0.1, 0.15) is 5.56 Å². The van der Waals surface area contributed by atoms with Gasteiger partial charge in [-0.3, -0.25) is 0 Å². The first-order valence-electron chi connectivity index (χ1n) is 5.12. The van der Waals surface area contributed by atoms with E-state index < -0.39 is 0 Å². The number of nitrogens with one attached hydrogen (secondary N) is 1. The molecule has 0 heterocycles. The lowest BCUT2D eigenvalue weighted by atomic mass is 10.2. The Labute approximate surface area is 115 Å². The Bertz CT molecular complexity index is 633. The number of nitriles is 1. The average molecular weight is 278 g/mol. The summed E-state index contributed by atoms with van der Waals surface area (Å²) in [5.41, 5.74) is 8.35. The van der Waals surface area contributed by atoms with Crippen LogP contribution < -0.4 is 11.1 Å². The number of hydrogen-bond donors (Lipinski definition) is 2. The molecule has 0 unspecified atom stereocenters. The molecule has 0 atom stereocenters. The third kappa shape index (κ3) is 2.67. The van der Waals surface area contributed by atoms with Crippen LogP contribution in [0.4, 0.5) is 17.1 Å². The molecule has 2 aromatic carbocycles. The summed E-state index contributed by atoms with van der Waals surface area (Å²) in [6.07, 6.45) is 0. The maximum atomic E-state index is 8.75. The van der Waals surface area contributed by atoms with E-state index in [-0.39, 0.29) is 0 Å². The highest BCUT2D eigenvalue weighted by Gasteiger charge is 2.03. The van der Waals surface area contributed by atoms with Crippen molar-refractivity contribution in [2.24, 2.45) is 0 Å². The molecule has 0 fully saturated rings. The van der Waals surface area contributed by atoms with Gasteiger partial charge >= 0.3 is 0 Å². The van der Waals surface area contributed by atoms with Gasteiger partial charge in [0.25, 0.3) is 0 Å². The van der Waals surface area contributed by atoms with Gasteiger partial charge in [0.1, 0.15) is 0 Å². The Morgan fingerprint density at radius 1 is 1.06 bits per heavy atom. The van der Waals surface area contributed by atoms with Crippen LogP contribution in [0.3, 0.4) is 0 Å². The largest absolute Gasteiger partial charge is 0.397 e. The molecule has 2 rings (SSSR count). The zero-order valence-corrected chi connectivity index (χ0v) is 10.8. The number of hydrogen-bond acceptors (Lipinski definition) is 3. The molecule has 0 aliphatic rings. The van der Waals surface area contributed by atoms with Gasteiger partial charge in [0.15, 0.2) is 0 Å². The molecule has 0 bridgehead atoms. The fraction of sp³-hybridized carbons (Fsp3) is 0. The van der Waals surface area contributed by atoms with Gasteiger partial charge < -0.3 is 11.1 Å². The topological polar surface area (TPSA) is 61.8 Å². The minimum absolute atomic E-state index is 0.467. The van der Waals surface area contributed by atoms with E-state index in [1.165, 1.54) is 0 Å². The van der Waals surface area contributed by atoms with Crippen molar-refractivity contribution in [2.45, 2.75) is 0 Å². The third-order valence-electron chi connectivity index (χ3n) is 2.38. The molecule has 5 heteroatoms. The lowest BCUT2D eigenvalue weighted by Gasteiger charge is -2.10. The number of nitrogens with zero attached hydrogens (tertiary/aromatic N) is 1. The fourth-order valence-electron chi connectivity index (χ4n) is 1.48. The molecule has 0 aliphatic carbocycles. The van der Waals surface area contributed by atoms with E-state index in [9.17, 15) is 0 Å². The SMILES string of the molecule is N#Cc1ccc(Nc2ccc(Cl)c(Cl)c2)c(N)c1. The van der Waals surface area contributed by atoms with Crippen molar-refractivity contribution in [1.29, 1.82) is 5.26 Å². The number of nitrogen functional groups attached to an aromatic ring is 1. The van der Waals surface area contributed by atoms with Crippen LogP contribution >= 0.6 is 23.2 Å². The molecule has 3 N–H and O–H groups in total. The first-order chi connectivity index (χ1) is 8.60. The standard InChI is InChI=1S/C13H9Cl2N3/c14-10-3-2-9(6-11(10)15)18-13-4-1-8(7-16)5-12(13)17/h1-6,18H,17H2. The molecule has 2 aromatic rings. The predicted octanol–water partition coefficient (Wildman–Crippen LogP) is 4.19. The summed E-state index contributed by atoms with van der Waals surface area (Å²) >= 11 is 11.8. The predicted molar refractivity (Wildman–Crippen MR) is 75.3 cm³/mol. The summed E-state index contributed by atoms with van der Waals surface area (Å²) in [7, 11) is 0. The number of anilines is 3. The maximum Gasteiger partial charge on any atom is 0.0992 e. The van der Waals surface area contributed by atoms with Gasteiger partial charge in [-0.15, -0.1) is 0 Å². The summed E-state index contributed by atoms with van der Waals surface area (Å²) in [6, 6.07) is 12.3. The van der Waals surface area contributed by atoms with Crippen molar-refractivity contribution in [3.63, 3.8) is 0 Å². The van der Waals surface area contributed by atoms with Gasteiger partial charge in [-0.1, -0.05) is 23.2 Å². The molecule has 0 saturated carbocycles. The molecule has 0 aliphatic heterocycles. The van der Waals surface area contributed by atoms with Crippen LogP contribution in [0.25, 0.3) is 0 Å². The van der Waals surface area contributed by atoms with Gasteiger partial charge in [-0.2, -0.15) is 5.26 Å². The molecular weight excluding hydrogens is 269 g/mol. The molecule has 0 radical (unpaired) electrons. The van der Waals surface area contributed by atoms with E-state index in [2.05, 4.69) is 5.32 Å². The van der Waals surface area contributed by atoms with E-state index in [1.807, 2.05) is 6.07 Å². The van der Waals surface area contributed by atoms with Crippen molar-refractivity contribution < 1.29 is 0 Å². The Kier molecular flexibility index (Phi) is 3.61. The Morgan fingerprint density at radius 2 is 1.83 bits per heavy atom. The summed E-state index contributed by atoms with van der Waals surface area (Å²) in [6.45, 7) is 0. The van der Waals surface area contributed by atoms with Gasteiger partial charge in [0, 0.05) is 5.69 Å². The monoisotopic (exact) mass is 277 g/mol. The smallest absolute Gasteiger partial charge is 0.0992 e. The minimum Gasteiger partial charge on any atom is -0.397 e. The Morgan fingerprint density at radius 3 is 2.44 bits per heavy atom. The van der Waals surface area contributed by atoms with E-state index >= 15 is 0 Å². The summed E-state index contributed by atoms with van der Waals surface area (Å²) < 4.78 is 0. The molecule has 0 aromatic heterocycles. The average Bonchev–Trinajstić information content (AvgIpc) is 2.36. The van der Waals surface area contributed by atoms with Gasteiger partial charge in [0.05, 0.1) is 33.1 Å². The van der Waals surface area contributed by atoms with Gasteiger partial charge in [-0.05, 0) is 36.4 Å². The van der Waals surface area contributed by atoms with Crippen molar-refractivity contribution >= 4 is 40.3 Å². The first kappa shape index (κ1) is 12.6. The number of rotatable bonds is 2. The minimum atomic E-state index is 0.467. The molecular formula is C13H9Cl2N3. The zero-order chi connectivity index (χ0) is 13.1. The van der Waals surface area contributed by atoms with Crippen molar-refractivity contribution in [2.75, 3.05) is 11.1 Å². The van der Waals surface area contributed by atoms with Crippen LogP contribution in [0.5, 0.6) is 0 Å². The van der Waals surface area contributed by atoms with Crippen molar-refractivity contribution in [1.82, 2.24) is 0 Å². The fourth-order valence-corrected chi connectivity index (χ4v) is 1.77. The zero-order valence-electron chi connectivity index (χ0n) is 9.24. The summed E-state index contributed by atoms with van der Waals surface area (Å²) in [4.78, 5) is 0. The van der Waals surface area contributed by atoms with E-state index in [0.717, 1.165) is 5.69 Å². The molecule has 0 spiro atoms. The van der Waals surface area contributed by atoms with Crippen LogP contribution in [0.15, 0.2) is 36.4 Å².